The molecule has 1 spiro atoms. The van der Waals surface area contributed by atoms with Crippen molar-refractivity contribution < 1.29 is 9.84 Å². The number of aliphatic hydroxyl groups excluding tert-OH is 1. The molecule has 10 rings (SSSR count). The Kier molecular flexibility index (Phi) is 3.34. The molecule has 32 heavy (non-hydrogen) atoms. The second-order valence-corrected chi connectivity index (χ2v) is 15.1. The highest BCUT2D eigenvalue weighted by atomic mass is 16.6. The minimum absolute atomic E-state index is 0.00156. The quantitative estimate of drug-likeness (QED) is 0.386. The highest BCUT2D eigenvalue weighted by Gasteiger charge is 2.90. The van der Waals surface area contributed by atoms with Gasteiger partial charge in [0.25, 0.3) is 0 Å². The molecule has 0 radical (unpaired) electrons. The van der Waals surface area contributed by atoms with Crippen molar-refractivity contribution in [2.24, 2.45) is 51.2 Å². The van der Waals surface area contributed by atoms with E-state index in [-0.39, 0.29) is 34.1 Å². The van der Waals surface area contributed by atoms with Crippen molar-refractivity contribution in [3.05, 3.63) is 22.3 Å². The summed E-state index contributed by atoms with van der Waals surface area (Å²) in [6.45, 7) is 22.0. The molecule has 6 bridgehead atoms. The normalized spacial score (nSPS) is 57.2. The predicted octanol–water partition coefficient (Wildman–Crippen LogP) is 6.69. The SMILES string of the molecule is CC1=C2CC(CC1C1(C3C(O)C4CC5(OC35C)C4(C)C)CC3CC(=C1C)C3(C)C)C2(C)C. The van der Waals surface area contributed by atoms with Crippen LogP contribution in [0.25, 0.3) is 0 Å². The lowest BCUT2D eigenvalue weighted by Gasteiger charge is -2.70. The molecular formula is C30H44O2. The summed E-state index contributed by atoms with van der Waals surface area (Å²) in [5.41, 5.74) is 7.52. The van der Waals surface area contributed by atoms with Gasteiger partial charge in [0.15, 0.2) is 0 Å². The molecule has 176 valence electrons. The van der Waals surface area contributed by atoms with E-state index < -0.39 is 0 Å². The van der Waals surface area contributed by atoms with E-state index in [2.05, 4.69) is 62.3 Å². The van der Waals surface area contributed by atoms with Crippen LogP contribution in [-0.4, -0.2) is 22.4 Å². The third kappa shape index (κ3) is 1.72. The molecule has 5 saturated carbocycles. The van der Waals surface area contributed by atoms with Crippen molar-refractivity contribution in [2.45, 2.75) is 112 Å². The van der Waals surface area contributed by atoms with Crippen LogP contribution in [0.5, 0.6) is 0 Å². The zero-order chi connectivity index (χ0) is 23.0. The second-order valence-electron chi connectivity index (χ2n) is 15.1. The number of hydrogen-bond donors (Lipinski definition) is 1. The maximum absolute atomic E-state index is 12.1. The van der Waals surface area contributed by atoms with Gasteiger partial charge in [-0.25, -0.2) is 0 Å². The lowest BCUT2D eigenvalue weighted by atomic mass is 9.32. The third-order valence-corrected chi connectivity index (χ3v) is 13.9. The van der Waals surface area contributed by atoms with Crippen molar-refractivity contribution in [1.29, 1.82) is 0 Å². The molecule has 9 atom stereocenters. The minimum atomic E-state index is -0.250. The van der Waals surface area contributed by atoms with Crippen LogP contribution in [-0.2, 0) is 4.74 Å². The first-order valence-corrected chi connectivity index (χ1v) is 13.5. The van der Waals surface area contributed by atoms with Crippen molar-refractivity contribution in [2.75, 3.05) is 0 Å². The topological polar surface area (TPSA) is 32.8 Å². The van der Waals surface area contributed by atoms with Crippen LogP contribution in [0.4, 0.5) is 0 Å². The highest BCUT2D eigenvalue weighted by Crippen LogP contribution is 2.84. The van der Waals surface area contributed by atoms with Gasteiger partial charge >= 0.3 is 0 Å². The number of hydrogen-bond acceptors (Lipinski definition) is 2. The fourth-order valence-corrected chi connectivity index (χ4v) is 11.4. The van der Waals surface area contributed by atoms with E-state index in [1.54, 1.807) is 22.3 Å². The Morgan fingerprint density at radius 3 is 2.00 bits per heavy atom. The molecule has 2 heteroatoms. The molecule has 10 aliphatic rings. The minimum Gasteiger partial charge on any atom is -0.392 e. The zero-order valence-corrected chi connectivity index (χ0v) is 21.9. The molecule has 1 N–H and O–H groups in total. The smallest absolute Gasteiger partial charge is 0.104 e. The number of ether oxygens (including phenoxy) is 1. The van der Waals surface area contributed by atoms with Crippen molar-refractivity contribution in [1.82, 2.24) is 0 Å². The van der Waals surface area contributed by atoms with Crippen LogP contribution in [0, 0.1) is 51.2 Å². The highest BCUT2D eigenvalue weighted by molar-refractivity contribution is 5.48. The molecule has 0 aromatic carbocycles. The Balaban J connectivity index is 1.44. The van der Waals surface area contributed by atoms with Crippen molar-refractivity contribution >= 4 is 0 Å². The summed E-state index contributed by atoms with van der Waals surface area (Å²) >= 11 is 0. The van der Waals surface area contributed by atoms with Gasteiger partial charge in [0, 0.05) is 16.7 Å². The Hall–Kier alpha value is -0.600. The van der Waals surface area contributed by atoms with Crippen LogP contribution in [0.1, 0.15) is 94.4 Å². The van der Waals surface area contributed by atoms with Gasteiger partial charge in [0.2, 0.25) is 0 Å². The molecule has 2 nitrogen and oxygen atoms in total. The van der Waals surface area contributed by atoms with E-state index >= 15 is 0 Å². The van der Waals surface area contributed by atoms with Gasteiger partial charge in [-0.1, -0.05) is 63.8 Å². The van der Waals surface area contributed by atoms with Crippen LogP contribution >= 0.6 is 0 Å². The van der Waals surface area contributed by atoms with Crippen molar-refractivity contribution in [3.8, 4) is 0 Å². The van der Waals surface area contributed by atoms with Gasteiger partial charge in [-0.15, -0.1) is 0 Å². The van der Waals surface area contributed by atoms with Gasteiger partial charge in [-0.05, 0) is 87.4 Å². The van der Waals surface area contributed by atoms with E-state index in [0.29, 0.717) is 22.7 Å². The van der Waals surface area contributed by atoms with Gasteiger partial charge in [-0.2, -0.15) is 0 Å². The third-order valence-electron chi connectivity index (χ3n) is 13.9. The molecule has 1 saturated heterocycles. The summed E-state index contributed by atoms with van der Waals surface area (Å²) in [7, 11) is 0. The Bertz CT molecular complexity index is 1030. The average molecular weight is 437 g/mol. The van der Waals surface area contributed by atoms with Gasteiger partial charge in [0.1, 0.15) is 11.2 Å². The van der Waals surface area contributed by atoms with Crippen LogP contribution in [0.15, 0.2) is 22.3 Å². The van der Waals surface area contributed by atoms with Gasteiger partial charge < -0.3 is 9.84 Å². The maximum Gasteiger partial charge on any atom is 0.104 e. The predicted molar refractivity (Wildman–Crippen MR) is 128 cm³/mol. The number of allylic oxidation sites excluding steroid dienone is 4. The summed E-state index contributed by atoms with van der Waals surface area (Å²) in [5, 5.41) is 12.1. The first-order chi connectivity index (χ1) is 14.7. The molecule has 0 aromatic heterocycles. The Morgan fingerprint density at radius 2 is 1.47 bits per heavy atom. The molecule has 1 aliphatic heterocycles. The van der Waals surface area contributed by atoms with E-state index in [0.717, 1.165) is 18.3 Å². The summed E-state index contributed by atoms with van der Waals surface area (Å²) in [4.78, 5) is 0. The summed E-state index contributed by atoms with van der Waals surface area (Å²) in [6, 6.07) is 0. The molecule has 9 aliphatic carbocycles. The summed E-state index contributed by atoms with van der Waals surface area (Å²) in [6.07, 6.45) is 5.98. The molecule has 0 amide bonds. The zero-order valence-electron chi connectivity index (χ0n) is 21.9. The summed E-state index contributed by atoms with van der Waals surface area (Å²) < 4.78 is 6.85. The first kappa shape index (κ1) is 20.7. The Morgan fingerprint density at radius 1 is 0.844 bits per heavy atom. The van der Waals surface area contributed by atoms with E-state index in [1.165, 1.54) is 25.7 Å². The van der Waals surface area contributed by atoms with Crippen LogP contribution < -0.4 is 0 Å². The van der Waals surface area contributed by atoms with Gasteiger partial charge in [-0.3, -0.25) is 0 Å². The lowest BCUT2D eigenvalue weighted by Crippen LogP contribution is -2.72. The molecule has 6 fully saturated rings. The first-order valence-electron chi connectivity index (χ1n) is 13.5. The van der Waals surface area contributed by atoms with Crippen LogP contribution in [0.3, 0.4) is 0 Å². The van der Waals surface area contributed by atoms with E-state index in [4.69, 9.17) is 4.74 Å². The fourth-order valence-electron chi connectivity index (χ4n) is 11.4. The largest absolute Gasteiger partial charge is 0.392 e. The van der Waals surface area contributed by atoms with Crippen LogP contribution in [0.2, 0.25) is 0 Å². The van der Waals surface area contributed by atoms with Crippen molar-refractivity contribution in [3.63, 3.8) is 0 Å². The van der Waals surface area contributed by atoms with E-state index in [1.807, 2.05) is 0 Å². The second kappa shape index (κ2) is 5.15. The fraction of sp³-hybridized carbons (Fsp3) is 0.867. The molecule has 1 heterocycles. The maximum atomic E-state index is 12.1. The number of rotatable bonds is 2. The lowest BCUT2D eigenvalue weighted by molar-refractivity contribution is -0.191. The monoisotopic (exact) mass is 436 g/mol. The number of fused-ring (bicyclic) bond motifs is 7. The summed E-state index contributed by atoms with van der Waals surface area (Å²) in [5.74, 6) is 2.75. The van der Waals surface area contributed by atoms with E-state index in [9.17, 15) is 5.11 Å². The molecule has 0 aromatic rings. The molecule has 9 unspecified atom stereocenters. The molecular weight excluding hydrogens is 392 g/mol. The number of epoxide rings is 1. The number of aliphatic hydroxyl groups is 1. The average Bonchev–Trinajstić information content (AvgIpc) is 3.37. The standard InChI is InChI=1S/C30H44O2/c1-15-19-10-17(25(19,3)4)11-20(15)29(13-18-12-21(16(29)2)26(18,5)6)24-23(31)22-14-30(27(22,7)8)28(24,9)32-30/h17-18,20,22-24,31H,10-14H2,1-9H3. The van der Waals surface area contributed by atoms with Gasteiger partial charge in [0.05, 0.1) is 6.10 Å². The Labute approximate surface area is 195 Å².